The smallest absolute Gasteiger partial charge is 0.253 e. The number of unbranched alkanes of at least 4 members (excludes halogenated alkanes) is 1. The molecule has 0 aliphatic heterocycles. The van der Waals surface area contributed by atoms with Crippen molar-refractivity contribution in [2.45, 2.75) is 58.4 Å². The van der Waals surface area contributed by atoms with Crippen LogP contribution in [-0.2, 0) is 0 Å². The van der Waals surface area contributed by atoms with Gasteiger partial charge in [0, 0.05) is 17.9 Å². The maximum Gasteiger partial charge on any atom is 0.253 e. The number of hydrogen-bond acceptors (Lipinski definition) is 2. The van der Waals surface area contributed by atoms with Gasteiger partial charge in [0.05, 0.1) is 5.56 Å². The van der Waals surface area contributed by atoms with E-state index < -0.39 is 0 Å². The van der Waals surface area contributed by atoms with Crippen LogP contribution in [0.1, 0.15) is 61.5 Å². The second-order valence-corrected chi connectivity index (χ2v) is 5.60. The topological polar surface area (TPSA) is 42.0 Å². The van der Waals surface area contributed by atoms with E-state index in [4.69, 9.17) is 0 Å². The van der Waals surface area contributed by atoms with Crippen molar-refractivity contribution < 1.29 is 4.79 Å². The number of pyridine rings is 1. The van der Waals surface area contributed by atoms with Crippen molar-refractivity contribution in [2.75, 3.05) is 0 Å². The first-order valence-corrected chi connectivity index (χ1v) is 7.44. The summed E-state index contributed by atoms with van der Waals surface area (Å²) in [5, 5.41) is 3.19. The SMILES string of the molecule is CCCCC1CCCC1NC(=O)c1ccc(C)nc1. The van der Waals surface area contributed by atoms with Gasteiger partial charge in [0.15, 0.2) is 0 Å². The van der Waals surface area contributed by atoms with Crippen LogP contribution in [0.4, 0.5) is 0 Å². The molecule has 1 amide bonds. The first-order valence-electron chi connectivity index (χ1n) is 7.44. The molecular formula is C16H24N2O. The van der Waals surface area contributed by atoms with Crippen LogP contribution in [0.25, 0.3) is 0 Å². The van der Waals surface area contributed by atoms with Gasteiger partial charge in [-0.05, 0) is 44.2 Å². The second kappa shape index (κ2) is 6.69. The molecule has 1 saturated carbocycles. The minimum atomic E-state index is 0.0286. The molecule has 1 aliphatic rings. The lowest BCUT2D eigenvalue weighted by Gasteiger charge is -2.20. The van der Waals surface area contributed by atoms with Crippen LogP contribution in [0.15, 0.2) is 18.3 Å². The van der Waals surface area contributed by atoms with Crippen LogP contribution in [0.5, 0.6) is 0 Å². The van der Waals surface area contributed by atoms with E-state index in [9.17, 15) is 4.79 Å². The van der Waals surface area contributed by atoms with Crippen LogP contribution < -0.4 is 5.32 Å². The molecule has 1 fully saturated rings. The third kappa shape index (κ3) is 3.79. The molecule has 1 aromatic rings. The Kier molecular flexibility index (Phi) is 4.94. The molecule has 1 heterocycles. The third-order valence-electron chi connectivity index (χ3n) is 4.08. The molecule has 0 saturated heterocycles. The van der Waals surface area contributed by atoms with Crippen molar-refractivity contribution in [1.82, 2.24) is 10.3 Å². The van der Waals surface area contributed by atoms with Crippen molar-refractivity contribution in [3.63, 3.8) is 0 Å². The third-order valence-corrected chi connectivity index (χ3v) is 4.08. The summed E-state index contributed by atoms with van der Waals surface area (Å²) in [6.45, 7) is 4.15. The number of aryl methyl sites for hydroxylation is 1. The molecule has 104 valence electrons. The predicted molar refractivity (Wildman–Crippen MR) is 77.1 cm³/mol. The Labute approximate surface area is 115 Å². The number of nitrogens with zero attached hydrogens (tertiary/aromatic N) is 1. The zero-order valence-electron chi connectivity index (χ0n) is 12.0. The average molecular weight is 260 g/mol. The highest BCUT2D eigenvalue weighted by Gasteiger charge is 2.28. The number of aromatic nitrogens is 1. The number of nitrogens with one attached hydrogen (secondary N) is 1. The highest BCUT2D eigenvalue weighted by atomic mass is 16.1. The van der Waals surface area contributed by atoms with Gasteiger partial charge in [-0.15, -0.1) is 0 Å². The van der Waals surface area contributed by atoms with Crippen LogP contribution in [-0.4, -0.2) is 16.9 Å². The molecule has 1 aromatic heterocycles. The largest absolute Gasteiger partial charge is 0.349 e. The van der Waals surface area contributed by atoms with E-state index in [0.717, 1.165) is 12.1 Å². The van der Waals surface area contributed by atoms with Gasteiger partial charge in [-0.25, -0.2) is 0 Å². The Balaban J connectivity index is 1.92. The van der Waals surface area contributed by atoms with Crippen LogP contribution in [0.2, 0.25) is 0 Å². The number of carbonyl (C=O) groups excluding carboxylic acids is 1. The number of amides is 1. The van der Waals surface area contributed by atoms with E-state index in [1.807, 2.05) is 19.1 Å². The highest BCUT2D eigenvalue weighted by molar-refractivity contribution is 5.94. The number of rotatable bonds is 5. The highest BCUT2D eigenvalue weighted by Crippen LogP contribution is 2.30. The molecule has 1 aliphatic carbocycles. The first kappa shape index (κ1) is 14.0. The summed E-state index contributed by atoms with van der Waals surface area (Å²) < 4.78 is 0. The fourth-order valence-electron chi connectivity index (χ4n) is 2.89. The summed E-state index contributed by atoms with van der Waals surface area (Å²) in [7, 11) is 0. The normalized spacial score (nSPS) is 22.4. The van der Waals surface area contributed by atoms with Gasteiger partial charge in [0.2, 0.25) is 0 Å². The maximum atomic E-state index is 12.2. The van der Waals surface area contributed by atoms with Gasteiger partial charge in [-0.3, -0.25) is 9.78 Å². The van der Waals surface area contributed by atoms with E-state index in [2.05, 4.69) is 17.2 Å². The monoisotopic (exact) mass is 260 g/mol. The average Bonchev–Trinajstić information content (AvgIpc) is 2.84. The molecule has 3 heteroatoms. The molecule has 0 radical (unpaired) electrons. The summed E-state index contributed by atoms with van der Waals surface area (Å²) in [4.78, 5) is 16.4. The maximum absolute atomic E-state index is 12.2. The van der Waals surface area contributed by atoms with E-state index in [0.29, 0.717) is 17.5 Å². The van der Waals surface area contributed by atoms with Gasteiger partial charge >= 0.3 is 0 Å². The fraction of sp³-hybridized carbons (Fsp3) is 0.625. The quantitative estimate of drug-likeness (QED) is 0.880. The molecule has 0 spiro atoms. The molecule has 0 bridgehead atoms. The van der Waals surface area contributed by atoms with Gasteiger partial charge < -0.3 is 5.32 Å². The molecule has 1 N–H and O–H groups in total. The second-order valence-electron chi connectivity index (χ2n) is 5.60. The van der Waals surface area contributed by atoms with Crippen molar-refractivity contribution in [3.05, 3.63) is 29.6 Å². The Hall–Kier alpha value is -1.38. The molecule has 2 rings (SSSR count). The Bertz CT molecular complexity index is 413. The summed E-state index contributed by atoms with van der Waals surface area (Å²) in [5.74, 6) is 0.697. The van der Waals surface area contributed by atoms with Gasteiger partial charge in [-0.1, -0.05) is 26.2 Å². The standard InChI is InChI=1S/C16H24N2O/c1-3-4-6-13-7-5-8-15(13)18-16(19)14-10-9-12(2)17-11-14/h9-11,13,15H,3-8H2,1-2H3,(H,18,19). The molecule has 19 heavy (non-hydrogen) atoms. The number of carbonyl (C=O) groups is 1. The van der Waals surface area contributed by atoms with Crippen LogP contribution >= 0.6 is 0 Å². The minimum absolute atomic E-state index is 0.0286. The van der Waals surface area contributed by atoms with E-state index in [-0.39, 0.29) is 5.91 Å². The Morgan fingerprint density at radius 2 is 2.26 bits per heavy atom. The molecule has 0 aromatic carbocycles. The molecule has 3 nitrogen and oxygen atoms in total. The number of hydrogen-bond donors (Lipinski definition) is 1. The Morgan fingerprint density at radius 1 is 1.42 bits per heavy atom. The molecular weight excluding hydrogens is 236 g/mol. The zero-order valence-corrected chi connectivity index (χ0v) is 12.0. The summed E-state index contributed by atoms with van der Waals surface area (Å²) in [5.41, 5.74) is 1.62. The molecule has 2 atom stereocenters. The van der Waals surface area contributed by atoms with Crippen molar-refractivity contribution in [1.29, 1.82) is 0 Å². The van der Waals surface area contributed by atoms with Gasteiger partial charge in [-0.2, -0.15) is 0 Å². The first-order chi connectivity index (χ1) is 9.20. The minimum Gasteiger partial charge on any atom is -0.349 e. The molecule has 2 unspecified atom stereocenters. The lowest BCUT2D eigenvalue weighted by molar-refractivity contribution is 0.0926. The van der Waals surface area contributed by atoms with Crippen LogP contribution in [0, 0.1) is 12.8 Å². The summed E-state index contributed by atoms with van der Waals surface area (Å²) in [6.07, 6.45) is 9.04. The van der Waals surface area contributed by atoms with E-state index >= 15 is 0 Å². The van der Waals surface area contributed by atoms with Gasteiger partial charge in [0.1, 0.15) is 0 Å². The summed E-state index contributed by atoms with van der Waals surface area (Å²) >= 11 is 0. The lowest BCUT2D eigenvalue weighted by Crippen LogP contribution is -2.37. The Morgan fingerprint density at radius 3 is 2.95 bits per heavy atom. The van der Waals surface area contributed by atoms with Crippen molar-refractivity contribution >= 4 is 5.91 Å². The van der Waals surface area contributed by atoms with Gasteiger partial charge in [0.25, 0.3) is 5.91 Å². The van der Waals surface area contributed by atoms with Crippen molar-refractivity contribution in [2.24, 2.45) is 5.92 Å². The fourth-order valence-corrected chi connectivity index (χ4v) is 2.89. The van der Waals surface area contributed by atoms with E-state index in [1.165, 1.54) is 32.1 Å². The van der Waals surface area contributed by atoms with E-state index in [1.54, 1.807) is 6.20 Å². The predicted octanol–water partition coefficient (Wildman–Crippen LogP) is 3.48. The summed E-state index contributed by atoms with van der Waals surface area (Å²) in [6, 6.07) is 4.10. The van der Waals surface area contributed by atoms with Crippen LogP contribution in [0.3, 0.4) is 0 Å². The zero-order chi connectivity index (χ0) is 13.7. The lowest BCUT2D eigenvalue weighted by atomic mass is 9.96. The van der Waals surface area contributed by atoms with Crippen molar-refractivity contribution in [3.8, 4) is 0 Å².